The second-order valence-corrected chi connectivity index (χ2v) is 9.13. The first kappa shape index (κ1) is 27.9. The maximum absolute atomic E-state index is 12.7. The quantitative estimate of drug-likeness (QED) is 0.464. The van der Waals surface area contributed by atoms with E-state index >= 15 is 0 Å². The molecule has 2 aromatic rings. The van der Waals surface area contributed by atoms with Crippen molar-refractivity contribution in [3.8, 4) is 0 Å². The van der Waals surface area contributed by atoms with Gasteiger partial charge in [-0.25, -0.2) is 4.79 Å². The molecule has 1 heterocycles. The number of alkyl halides is 3. The highest BCUT2D eigenvalue weighted by Crippen LogP contribution is 2.31. The fraction of sp³-hybridized carbons (Fsp3) is 0.370. The molecular formula is C27H30F3N3O4. The van der Waals surface area contributed by atoms with Gasteiger partial charge in [0.15, 0.2) is 0 Å². The molecule has 7 nitrogen and oxygen atoms in total. The van der Waals surface area contributed by atoms with Crippen molar-refractivity contribution in [1.29, 1.82) is 0 Å². The normalized spacial score (nSPS) is 16.4. The van der Waals surface area contributed by atoms with E-state index in [0.29, 0.717) is 19.0 Å². The van der Waals surface area contributed by atoms with Crippen molar-refractivity contribution >= 4 is 17.8 Å². The molecule has 10 heteroatoms. The average molecular weight is 518 g/mol. The lowest BCUT2D eigenvalue weighted by Gasteiger charge is -2.19. The highest BCUT2D eigenvalue weighted by atomic mass is 19.4. The van der Waals surface area contributed by atoms with Gasteiger partial charge in [0, 0.05) is 25.2 Å². The van der Waals surface area contributed by atoms with E-state index < -0.39 is 18.2 Å². The molecule has 198 valence electrons. The van der Waals surface area contributed by atoms with Crippen LogP contribution in [0.15, 0.2) is 66.7 Å². The van der Waals surface area contributed by atoms with Crippen LogP contribution in [0.25, 0.3) is 0 Å². The number of aryl methyl sites for hydroxylation is 1. The van der Waals surface area contributed by atoms with Gasteiger partial charge in [0.2, 0.25) is 11.8 Å². The summed E-state index contributed by atoms with van der Waals surface area (Å²) in [6.45, 7) is 1.26. The minimum absolute atomic E-state index is 0.0309. The number of halogens is 3. The van der Waals surface area contributed by atoms with Gasteiger partial charge in [0.1, 0.15) is 0 Å². The van der Waals surface area contributed by atoms with Gasteiger partial charge in [-0.3, -0.25) is 9.59 Å². The molecule has 0 saturated heterocycles. The zero-order chi connectivity index (χ0) is 27.0. The van der Waals surface area contributed by atoms with Crippen molar-refractivity contribution in [2.24, 2.45) is 11.7 Å². The number of amides is 2. The molecule has 2 aromatic carbocycles. The topological polar surface area (TPSA) is 113 Å². The highest BCUT2D eigenvalue weighted by molar-refractivity contribution is 5.88. The first-order chi connectivity index (χ1) is 17.5. The molecule has 1 aliphatic heterocycles. The minimum Gasteiger partial charge on any atom is -0.475 e. The Morgan fingerprint density at radius 2 is 1.57 bits per heavy atom. The van der Waals surface area contributed by atoms with Crippen LogP contribution in [-0.2, 0) is 33.9 Å². The van der Waals surface area contributed by atoms with E-state index in [1.165, 1.54) is 16.7 Å². The van der Waals surface area contributed by atoms with Crippen molar-refractivity contribution in [2.45, 2.75) is 57.0 Å². The van der Waals surface area contributed by atoms with E-state index in [-0.39, 0.29) is 17.9 Å². The average Bonchev–Trinajstić information content (AvgIpc) is 3.63. The van der Waals surface area contributed by atoms with Crippen LogP contribution in [0.2, 0.25) is 0 Å². The van der Waals surface area contributed by atoms with Crippen molar-refractivity contribution in [1.82, 2.24) is 10.2 Å². The van der Waals surface area contributed by atoms with Gasteiger partial charge in [-0.15, -0.1) is 0 Å². The van der Waals surface area contributed by atoms with Gasteiger partial charge >= 0.3 is 12.1 Å². The van der Waals surface area contributed by atoms with E-state index in [0.717, 1.165) is 25.7 Å². The molecule has 0 radical (unpaired) electrons. The summed E-state index contributed by atoms with van der Waals surface area (Å²) in [5.41, 5.74) is 9.67. The predicted molar refractivity (Wildman–Crippen MR) is 131 cm³/mol. The van der Waals surface area contributed by atoms with Crippen LogP contribution in [-0.4, -0.2) is 46.1 Å². The number of hydrogen-bond acceptors (Lipinski definition) is 4. The van der Waals surface area contributed by atoms with Crippen LogP contribution < -0.4 is 11.1 Å². The third-order valence-corrected chi connectivity index (χ3v) is 6.21. The summed E-state index contributed by atoms with van der Waals surface area (Å²) in [6, 6.07) is 17.6. The van der Waals surface area contributed by atoms with Crippen LogP contribution in [0.5, 0.6) is 0 Å². The van der Waals surface area contributed by atoms with E-state index in [2.05, 4.69) is 29.6 Å². The van der Waals surface area contributed by atoms with Crippen molar-refractivity contribution in [3.05, 3.63) is 83.4 Å². The van der Waals surface area contributed by atoms with Gasteiger partial charge in [-0.1, -0.05) is 60.7 Å². The number of aliphatic carboxylic acids is 1. The molecule has 2 amide bonds. The van der Waals surface area contributed by atoms with Gasteiger partial charge in [0.05, 0.1) is 6.04 Å². The number of rotatable bonds is 8. The molecule has 0 aromatic heterocycles. The van der Waals surface area contributed by atoms with Crippen LogP contribution in [0, 0.1) is 5.92 Å². The Morgan fingerprint density at radius 1 is 1.03 bits per heavy atom. The van der Waals surface area contributed by atoms with Crippen molar-refractivity contribution in [3.63, 3.8) is 0 Å². The Labute approximate surface area is 213 Å². The molecule has 0 unspecified atom stereocenters. The van der Waals surface area contributed by atoms with Gasteiger partial charge < -0.3 is 21.1 Å². The fourth-order valence-electron chi connectivity index (χ4n) is 3.92. The SMILES string of the molecule is N[C@H](C(=O)N[C@H](C=CC(=O)N1Cc2ccccc2C1)CCc1ccccc1)C1CC1.O=C(O)C(F)(F)F. The largest absolute Gasteiger partial charge is 0.490 e. The summed E-state index contributed by atoms with van der Waals surface area (Å²) in [6.07, 6.45) is 1.92. The molecule has 0 bridgehead atoms. The summed E-state index contributed by atoms with van der Waals surface area (Å²) in [5.74, 6) is -2.61. The molecule has 0 spiro atoms. The fourth-order valence-corrected chi connectivity index (χ4v) is 3.92. The number of fused-ring (bicyclic) bond motifs is 1. The number of carbonyl (C=O) groups excluding carboxylic acids is 2. The number of hydrogen-bond donors (Lipinski definition) is 3. The van der Waals surface area contributed by atoms with Crippen LogP contribution >= 0.6 is 0 Å². The molecule has 4 rings (SSSR count). The number of carboxylic acid groups (broad SMARTS) is 1. The van der Waals surface area contributed by atoms with Crippen LogP contribution in [0.4, 0.5) is 13.2 Å². The number of nitrogens with zero attached hydrogens (tertiary/aromatic N) is 1. The van der Waals surface area contributed by atoms with Gasteiger partial charge in [0.25, 0.3) is 0 Å². The van der Waals surface area contributed by atoms with E-state index in [1.54, 1.807) is 6.08 Å². The smallest absolute Gasteiger partial charge is 0.475 e. The Morgan fingerprint density at radius 3 is 2.08 bits per heavy atom. The summed E-state index contributed by atoms with van der Waals surface area (Å²) in [7, 11) is 0. The van der Waals surface area contributed by atoms with Gasteiger partial charge in [-0.05, 0) is 48.3 Å². The van der Waals surface area contributed by atoms with Crippen LogP contribution in [0.1, 0.15) is 36.0 Å². The first-order valence-corrected chi connectivity index (χ1v) is 12.0. The van der Waals surface area contributed by atoms with Crippen LogP contribution in [0.3, 0.4) is 0 Å². The zero-order valence-corrected chi connectivity index (χ0v) is 20.2. The molecule has 1 aliphatic carbocycles. The Hall–Kier alpha value is -3.66. The first-order valence-electron chi connectivity index (χ1n) is 12.0. The summed E-state index contributed by atoms with van der Waals surface area (Å²) in [4.78, 5) is 36.0. The number of carboxylic acids is 1. The van der Waals surface area contributed by atoms with Gasteiger partial charge in [-0.2, -0.15) is 13.2 Å². The predicted octanol–water partition coefficient (Wildman–Crippen LogP) is 3.57. The zero-order valence-electron chi connectivity index (χ0n) is 20.2. The summed E-state index contributed by atoms with van der Waals surface area (Å²) < 4.78 is 31.7. The molecular weight excluding hydrogens is 487 g/mol. The third-order valence-electron chi connectivity index (χ3n) is 6.21. The second-order valence-electron chi connectivity index (χ2n) is 9.13. The maximum atomic E-state index is 12.7. The summed E-state index contributed by atoms with van der Waals surface area (Å²) in [5, 5.41) is 10.2. The lowest BCUT2D eigenvalue weighted by Crippen LogP contribution is -2.46. The number of carbonyl (C=O) groups is 3. The standard InChI is InChI=1S/C25H29N3O2.C2HF3O2/c26-24(19-11-12-19)25(30)27-22(13-10-18-6-2-1-3-7-18)14-15-23(29)28-16-20-8-4-5-9-21(20)17-28;3-2(4,5)1(6)7/h1-9,14-15,19,22,24H,10-13,16-17,26H2,(H,27,30);(H,6,7)/t22-,24-;/m0./s1. The Bertz CT molecular complexity index is 1090. The molecule has 1 fully saturated rings. The van der Waals surface area contributed by atoms with E-state index in [4.69, 9.17) is 15.6 Å². The highest BCUT2D eigenvalue weighted by Gasteiger charge is 2.38. The van der Waals surface area contributed by atoms with Crippen molar-refractivity contribution < 1.29 is 32.7 Å². The summed E-state index contributed by atoms with van der Waals surface area (Å²) >= 11 is 0. The molecule has 1 saturated carbocycles. The number of benzene rings is 2. The molecule has 37 heavy (non-hydrogen) atoms. The number of nitrogens with one attached hydrogen (secondary N) is 1. The van der Waals surface area contributed by atoms with Crippen molar-refractivity contribution in [2.75, 3.05) is 0 Å². The van der Waals surface area contributed by atoms with E-state index in [1.807, 2.05) is 41.3 Å². The monoisotopic (exact) mass is 517 g/mol. The molecule has 2 aliphatic rings. The lowest BCUT2D eigenvalue weighted by molar-refractivity contribution is -0.192. The molecule has 2 atom stereocenters. The Balaban J connectivity index is 0.000000479. The maximum Gasteiger partial charge on any atom is 0.490 e. The molecule has 4 N–H and O–H groups in total. The van der Waals surface area contributed by atoms with E-state index in [9.17, 15) is 22.8 Å². The Kier molecular flexibility index (Phi) is 9.46. The third kappa shape index (κ3) is 8.75. The minimum atomic E-state index is -5.08. The second kappa shape index (κ2) is 12.5. The number of nitrogens with two attached hydrogens (primary N) is 1. The lowest BCUT2D eigenvalue weighted by atomic mass is 10.0.